The third-order valence-corrected chi connectivity index (χ3v) is 5.56. The molecule has 3 N–H and O–H groups in total. The molecule has 3 amide bonds. The van der Waals surface area contributed by atoms with Gasteiger partial charge in [-0.2, -0.15) is 0 Å². The van der Waals surface area contributed by atoms with Gasteiger partial charge in [-0.05, 0) is 52.7 Å². The number of benzene rings is 2. The van der Waals surface area contributed by atoms with Crippen LogP contribution in [0.5, 0.6) is 0 Å². The number of hydrogen-bond donors (Lipinski definition) is 3. The maximum absolute atomic E-state index is 13.8. The van der Waals surface area contributed by atoms with Crippen LogP contribution < -0.4 is 10.6 Å². The van der Waals surface area contributed by atoms with Gasteiger partial charge in [0.05, 0.1) is 6.61 Å². The lowest BCUT2D eigenvalue weighted by molar-refractivity contribution is -0.159. The van der Waals surface area contributed by atoms with Crippen molar-refractivity contribution in [1.82, 2.24) is 15.5 Å². The van der Waals surface area contributed by atoms with E-state index in [4.69, 9.17) is 9.47 Å². The van der Waals surface area contributed by atoms with E-state index in [2.05, 4.69) is 10.6 Å². The van der Waals surface area contributed by atoms with Crippen molar-refractivity contribution in [2.45, 2.75) is 77.3 Å². The van der Waals surface area contributed by atoms with Crippen LogP contribution in [0, 0.1) is 0 Å². The monoisotopic (exact) mass is 555 g/mol. The number of likely N-dealkylation sites (N-methyl/N-ethyl adjacent to an activating group) is 1. The molecule has 0 bridgehead atoms. The second kappa shape index (κ2) is 13.9. The van der Waals surface area contributed by atoms with Crippen LogP contribution >= 0.6 is 0 Å². The van der Waals surface area contributed by atoms with Gasteiger partial charge in [-0.15, -0.1) is 0 Å². The number of esters is 1. The van der Waals surface area contributed by atoms with Gasteiger partial charge in [-0.25, -0.2) is 9.59 Å². The Morgan fingerprint density at radius 1 is 0.800 bits per heavy atom. The number of ether oxygens (including phenoxy) is 2. The Labute approximate surface area is 236 Å². The van der Waals surface area contributed by atoms with Crippen molar-refractivity contribution in [3.05, 3.63) is 71.8 Å². The largest absolute Gasteiger partial charge is 0.458 e. The third-order valence-electron chi connectivity index (χ3n) is 5.56. The van der Waals surface area contributed by atoms with E-state index in [1.807, 2.05) is 30.3 Å². The van der Waals surface area contributed by atoms with E-state index < -0.39 is 59.8 Å². The topological polar surface area (TPSA) is 134 Å². The summed E-state index contributed by atoms with van der Waals surface area (Å²) in [6.07, 6.45) is -0.720. The van der Waals surface area contributed by atoms with Gasteiger partial charge in [0.15, 0.2) is 0 Å². The number of nitrogens with one attached hydrogen (secondary N) is 2. The summed E-state index contributed by atoms with van der Waals surface area (Å²) in [5.41, 5.74) is -0.334. The molecular weight excluding hydrogens is 514 g/mol. The number of nitrogens with zero attached hydrogens (tertiary/aromatic N) is 1. The molecule has 0 saturated carbocycles. The zero-order valence-electron chi connectivity index (χ0n) is 24.3. The highest BCUT2D eigenvalue weighted by atomic mass is 16.6. The first-order valence-corrected chi connectivity index (χ1v) is 13.1. The maximum atomic E-state index is 13.8. The number of carbonyl (C=O) groups is 4. The highest BCUT2D eigenvalue weighted by Gasteiger charge is 2.36. The van der Waals surface area contributed by atoms with Crippen molar-refractivity contribution < 1.29 is 33.8 Å². The number of carbonyl (C=O) groups excluding carboxylic acids is 4. The highest BCUT2D eigenvalue weighted by Crippen LogP contribution is 2.22. The molecule has 0 aliphatic heterocycles. The Bertz CT molecular complexity index is 1140. The third kappa shape index (κ3) is 10.3. The molecule has 0 saturated heterocycles. The molecule has 0 aromatic heterocycles. The van der Waals surface area contributed by atoms with Gasteiger partial charge in [0.1, 0.15) is 29.3 Å². The first-order valence-electron chi connectivity index (χ1n) is 13.1. The molecule has 3 unspecified atom stereocenters. The molecule has 0 fully saturated rings. The second-order valence-electron chi connectivity index (χ2n) is 11.4. The fourth-order valence-electron chi connectivity index (χ4n) is 3.86. The molecule has 10 heteroatoms. The highest BCUT2D eigenvalue weighted by molar-refractivity contribution is 5.93. The van der Waals surface area contributed by atoms with Crippen LogP contribution in [0.2, 0.25) is 0 Å². The fraction of sp³-hybridized carbons (Fsp3) is 0.467. The summed E-state index contributed by atoms with van der Waals surface area (Å²) in [5, 5.41) is 15.0. The minimum absolute atomic E-state index is 0.167. The summed E-state index contributed by atoms with van der Waals surface area (Å²) < 4.78 is 10.8. The van der Waals surface area contributed by atoms with E-state index in [9.17, 15) is 24.3 Å². The number of amides is 3. The Morgan fingerprint density at radius 2 is 1.32 bits per heavy atom. The SMILES string of the molecule is CN(C(=O)C(CO)NC(=O)OC(C)(C)C)C(C(=O)NC(Cc1ccccc1)C(=O)OC(C)(C)C)c1ccccc1. The quantitative estimate of drug-likeness (QED) is 0.384. The average molecular weight is 556 g/mol. The van der Waals surface area contributed by atoms with Crippen LogP contribution in [0.1, 0.15) is 58.7 Å². The summed E-state index contributed by atoms with van der Waals surface area (Å²) in [6, 6.07) is 14.1. The molecule has 0 spiro atoms. The van der Waals surface area contributed by atoms with Crippen molar-refractivity contribution in [2.24, 2.45) is 0 Å². The summed E-state index contributed by atoms with van der Waals surface area (Å²) in [5.74, 6) is -1.98. The summed E-state index contributed by atoms with van der Waals surface area (Å²) >= 11 is 0. The molecule has 2 aromatic carbocycles. The van der Waals surface area contributed by atoms with Crippen LogP contribution in [0.25, 0.3) is 0 Å². The maximum Gasteiger partial charge on any atom is 0.408 e. The molecule has 3 atom stereocenters. The van der Waals surface area contributed by atoms with E-state index in [0.29, 0.717) is 5.56 Å². The average Bonchev–Trinajstić information content (AvgIpc) is 2.85. The Hall–Kier alpha value is -3.92. The fourth-order valence-corrected chi connectivity index (χ4v) is 3.86. The van der Waals surface area contributed by atoms with Crippen LogP contribution in [0.15, 0.2) is 60.7 Å². The van der Waals surface area contributed by atoms with Gasteiger partial charge in [-0.3, -0.25) is 9.59 Å². The molecule has 40 heavy (non-hydrogen) atoms. The van der Waals surface area contributed by atoms with Gasteiger partial charge in [0.2, 0.25) is 11.8 Å². The molecule has 10 nitrogen and oxygen atoms in total. The zero-order valence-corrected chi connectivity index (χ0v) is 24.3. The predicted molar refractivity (Wildman–Crippen MR) is 150 cm³/mol. The van der Waals surface area contributed by atoms with Gasteiger partial charge >= 0.3 is 12.1 Å². The van der Waals surface area contributed by atoms with Crippen molar-refractivity contribution in [1.29, 1.82) is 0 Å². The first-order chi connectivity index (χ1) is 18.6. The predicted octanol–water partition coefficient (Wildman–Crippen LogP) is 3.14. The van der Waals surface area contributed by atoms with Crippen LogP contribution in [0.3, 0.4) is 0 Å². The zero-order chi connectivity index (χ0) is 30.1. The van der Waals surface area contributed by atoms with Gasteiger partial charge in [0.25, 0.3) is 0 Å². The van der Waals surface area contributed by atoms with Crippen LogP contribution in [-0.2, 0) is 30.3 Å². The van der Waals surface area contributed by atoms with E-state index in [1.165, 1.54) is 7.05 Å². The molecule has 0 radical (unpaired) electrons. The molecular formula is C30H41N3O7. The van der Waals surface area contributed by atoms with Gasteiger partial charge < -0.3 is 30.1 Å². The number of rotatable bonds is 10. The second-order valence-corrected chi connectivity index (χ2v) is 11.4. The first kappa shape index (κ1) is 32.3. The number of aliphatic hydroxyl groups excluding tert-OH is 1. The summed E-state index contributed by atoms with van der Waals surface area (Å²) in [4.78, 5) is 53.8. The van der Waals surface area contributed by atoms with Crippen LogP contribution in [-0.4, -0.2) is 70.8 Å². The Balaban J connectivity index is 2.37. The molecule has 0 heterocycles. The van der Waals surface area contributed by atoms with Gasteiger partial charge in [-0.1, -0.05) is 60.7 Å². The minimum atomic E-state index is -1.37. The van der Waals surface area contributed by atoms with E-state index in [0.717, 1.165) is 10.5 Å². The standard InChI is InChI=1S/C30H41N3O7/c1-29(2,3)39-27(37)22(18-20-14-10-8-11-15-20)31-25(35)24(21-16-12-9-13-17-21)33(7)26(36)23(19-34)32-28(38)40-30(4,5)6/h8-17,22-24,34H,18-19H2,1-7H3,(H,31,35)(H,32,38). The number of hydrogen-bond acceptors (Lipinski definition) is 7. The Kier molecular flexibility index (Phi) is 11.2. The van der Waals surface area contributed by atoms with Crippen molar-refractivity contribution in [3.63, 3.8) is 0 Å². The Morgan fingerprint density at radius 3 is 1.82 bits per heavy atom. The van der Waals surface area contributed by atoms with Crippen molar-refractivity contribution >= 4 is 23.9 Å². The lowest BCUT2D eigenvalue weighted by Crippen LogP contribution is -2.54. The lowest BCUT2D eigenvalue weighted by Gasteiger charge is -2.32. The van der Waals surface area contributed by atoms with Gasteiger partial charge in [0, 0.05) is 13.5 Å². The molecule has 0 aliphatic rings. The van der Waals surface area contributed by atoms with E-state index >= 15 is 0 Å². The molecule has 2 aromatic rings. The summed E-state index contributed by atoms with van der Waals surface area (Å²) in [6.45, 7) is 9.48. The number of alkyl carbamates (subject to hydrolysis) is 1. The van der Waals surface area contributed by atoms with E-state index in [1.54, 1.807) is 71.9 Å². The van der Waals surface area contributed by atoms with Crippen molar-refractivity contribution in [2.75, 3.05) is 13.7 Å². The number of aliphatic hydroxyl groups is 1. The smallest absolute Gasteiger partial charge is 0.408 e. The summed E-state index contributed by atoms with van der Waals surface area (Å²) in [7, 11) is 1.39. The molecule has 0 aliphatic carbocycles. The van der Waals surface area contributed by atoms with Crippen LogP contribution in [0.4, 0.5) is 4.79 Å². The molecule has 218 valence electrons. The lowest BCUT2D eigenvalue weighted by atomic mass is 10.0. The van der Waals surface area contributed by atoms with Crippen molar-refractivity contribution in [3.8, 4) is 0 Å². The minimum Gasteiger partial charge on any atom is -0.458 e. The normalized spacial score (nSPS) is 13.8. The van der Waals surface area contributed by atoms with E-state index in [-0.39, 0.29) is 6.42 Å². The molecule has 2 rings (SSSR count).